The largest absolute Gasteiger partial charge is 0.383 e. The molecule has 0 bridgehead atoms. The highest BCUT2D eigenvalue weighted by atomic mass is 16.5. The van der Waals surface area contributed by atoms with E-state index < -0.39 is 0 Å². The summed E-state index contributed by atoms with van der Waals surface area (Å²) < 4.78 is 16.0. The molecule has 7 heteroatoms. The highest BCUT2D eigenvalue weighted by molar-refractivity contribution is 6.35. The lowest BCUT2D eigenvalue weighted by Crippen LogP contribution is -2.38. The van der Waals surface area contributed by atoms with E-state index in [4.69, 9.17) is 14.2 Å². The van der Waals surface area contributed by atoms with Crippen LogP contribution < -0.4 is 0 Å². The molecule has 0 atom stereocenters. The van der Waals surface area contributed by atoms with E-state index in [1.807, 2.05) is 35.2 Å². The van der Waals surface area contributed by atoms with Crippen LogP contribution in [-0.2, 0) is 23.8 Å². The summed E-state index contributed by atoms with van der Waals surface area (Å²) in [4.78, 5) is 29.8. The predicted octanol–water partition coefficient (Wildman–Crippen LogP) is 2.57. The van der Waals surface area contributed by atoms with Gasteiger partial charge >= 0.3 is 0 Å². The van der Waals surface area contributed by atoms with Gasteiger partial charge < -0.3 is 19.1 Å². The Labute approximate surface area is 179 Å². The Bertz CT molecular complexity index is 697. The Balaban J connectivity index is 2.24. The highest BCUT2D eigenvalue weighted by Gasteiger charge is 2.41. The van der Waals surface area contributed by atoms with Gasteiger partial charge in [-0.2, -0.15) is 0 Å². The van der Waals surface area contributed by atoms with E-state index in [2.05, 4.69) is 6.92 Å². The van der Waals surface area contributed by atoms with Crippen molar-refractivity contribution in [3.05, 3.63) is 41.6 Å². The van der Waals surface area contributed by atoms with E-state index in [0.29, 0.717) is 63.8 Å². The number of rotatable bonds is 15. The number of ether oxygens (including phenoxy) is 3. The van der Waals surface area contributed by atoms with Crippen molar-refractivity contribution in [3.8, 4) is 0 Å². The van der Waals surface area contributed by atoms with Gasteiger partial charge in [0, 0.05) is 47.1 Å². The second kappa shape index (κ2) is 13.2. The third kappa shape index (κ3) is 6.39. The number of carbonyl (C=O) groups is 2. The Kier molecular flexibility index (Phi) is 10.5. The Morgan fingerprint density at radius 2 is 1.50 bits per heavy atom. The van der Waals surface area contributed by atoms with Crippen molar-refractivity contribution in [2.45, 2.75) is 26.2 Å². The zero-order valence-electron chi connectivity index (χ0n) is 18.4. The summed E-state index contributed by atoms with van der Waals surface area (Å²) in [7, 11) is 3.24. The summed E-state index contributed by atoms with van der Waals surface area (Å²) in [5, 5.41) is 0. The van der Waals surface area contributed by atoms with Crippen LogP contribution in [-0.4, -0.2) is 81.9 Å². The molecule has 1 aliphatic rings. The molecule has 7 nitrogen and oxygen atoms in total. The van der Waals surface area contributed by atoms with E-state index in [-0.39, 0.29) is 11.8 Å². The van der Waals surface area contributed by atoms with Crippen LogP contribution in [0.1, 0.15) is 31.7 Å². The van der Waals surface area contributed by atoms with Gasteiger partial charge in [-0.05, 0) is 18.4 Å². The second-order valence-electron chi connectivity index (χ2n) is 7.14. The summed E-state index contributed by atoms with van der Waals surface area (Å²) in [5.41, 5.74) is 1.61. The standard InChI is InChI=1S/C23H34N2O5/c1-4-5-15-30-16-9-12-25-22(26)20(19-10-7-6-8-11-19)21(23(25)27)24(13-17-28-2)14-18-29-3/h6-8,10-11H,4-5,9,12-18H2,1-3H3. The van der Waals surface area contributed by atoms with Crippen LogP contribution in [0.25, 0.3) is 5.57 Å². The number of nitrogens with zero attached hydrogens (tertiary/aromatic N) is 2. The molecule has 166 valence electrons. The predicted molar refractivity (Wildman–Crippen MR) is 116 cm³/mol. The number of amides is 2. The molecule has 0 N–H and O–H groups in total. The van der Waals surface area contributed by atoms with E-state index >= 15 is 0 Å². The molecule has 0 radical (unpaired) electrons. The monoisotopic (exact) mass is 418 g/mol. The average molecular weight is 419 g/mol. The number of benzene rings is 1. The highest BCUT2D eigenvalue weighted by Crippen LogP contribution is 2.31. The molecule has 2 rings (SSSR count). The van der Waals surface area contributed by atoms with Gasteiger partial charge in [0.1, 0.15) is 5.70 Å². The third-order valence-corrected chi connectivity index (χ3v) is 4.97. The van der Waals surface area contributed by atoms with Gasteiger partial charge in [-0.25, -0.2) is 0 Å². The first-order valence-corrected chi connectivity index (χ1v) is 10.6. The zero-order valence-corrected chi connectivity index (χ0v) is 18.4. The minimum Gasteiger partial charge on any atom is -0.383 e. The van der Waals surface area contributed by atoms with Gasteiger partial charge in [0.25, 0.3) is 11.8 Å². The van der Waals surface area contributed by atoms with Crippen molar-refractivity contribution in [2.24, 2.45) is 0 Å². The molecule has 0 unspecified atom stereocenters. The molecule has 0 spiro atoms. The van der Waals surface area contributed by atoms with Crippen LogP contribution in [0.2, 0.25) is 0 Å². The van der Waals surface area contributed by atoms with Crippen LogP contribution in [0.5, 0.6) is 0 Å². The van der Waals surface area contributed by atoms with E-state index in [1.165, 1.54) is 4.90 Å². The quantitative estimate of drug-likeness (QED) is 0.322. The van der Waals surface area contributed by atoms with Crippen LogP contribution in [0.4, 0.5) is 0 Å². The van der Waals surface area contributed by atoms with Crippen LogP contribution >= 0.6 is 0 Å². The lowest BCUT2D eigenvalue weighted by molar-refractivity contribution is -0.137. The van der Waals surface area contributed by atoms with Crippen molar-refractivity contribution < 1.29 is 23.8 Å². The van der Waals surface area contributed by atoms with Gasteiger partial charge in [0.2, 0.25) is 0 Å². The molecular weight excluding hydrogens is 384 g/mol. The van der Waals surface area contributed by atoms with Crippen LogP contribution in [0.15, 0.2) is 36.0 Å². The van der Waals surface area contributed by atoms with Crippen molar-refractivity contribution in [1.82, 2.24) is 9.80 Å². The maximum Gasteiger partial charge on any atom is 0.277 e. The zero-order chi connectivity index (χ0) is 21.8. The minimum atomic E-state index is -0.264. The lowest BCUT2D eigenvalue weighted by Gasteiger charge is -2.25. The summed E-state index contributed by atoms with van der Waals surface area (Å²) in [6.07, 6.45) is 2.71. The molecule has 0 fully saturated rings. The van der Waals surface area contributed by atoms with Gasteiger partial charge in [0.15, 0.2) is 0 Å². The molecule has 0 aliphatic carbocycles. The number of hydrogen-bond donors (Lipinski definition) is 0. The lowest BCUT2D eigenvalue weighted by atomic mass is 10.0. The fraction of sp³-hybridized carbons (Fsp3) is 0.565. The Hall–Kier alpha value is -2.22. The summed E-state index contributed by atoms with van der Waals surface area (Å²) >= 11 is 0. The van der Waals surface area contributed by atoms with E-state index in [9.17, 15) is 9.59 Å². The number of carbonyl (C=O) groups excluding carboxylic acids is 2. The molecule has 1 aliphatic heterocycles. The van der Waals surface area contributed by atoms with Crippen LogP contribution in [0.3, 0.4) is 0 Å². The summed E-state index contributed by atoms with van der Waals surface area (Å²) in [6, 6.07) is 9.36. The fourth-order valence-corrected chi connectivity index (χ4v) is 3.34. The molecule has 1 aromatic rings. The Morgan fingerprint density at radius 3 is 2.10 bits per heavy atom. The normalized spacial score (nSPS) is 14.2. The first-order valence-electron chi connectivity index (χ1n) is 10.6. The van der Waals surface area contributed by atoms with E-state index in [1.54, 1.807) is 14.2 Å². The molecule has 1 aromatic carbocycles. The fourth-order valence-electron chi connectivity index (χ4n) is 3.34. The van der Waals surface area contributed by atoms with Gasteiger partial charge in [-0.1, -0.05) is 43.7 Å². The van der Waals surface area contributed by atoms with Crippen molar-refractivity contribution in [1.29, 1.82) is 0 Å². The van der Waals surface area contributed by atoms with Crippen molar-refractivity contribution >= 4 is 17.4 Å². The molecule has 30 heavy (non-hydrogen) atoms. The third-order valence-electron chi connectivity index (χ3n) is 4.97. The number of methoxy groups -OCH3 is 2. The first-order chi connectivity index (χ1) is 14.7. The summed E-state index contributed by atoms with van der Waals surface area (Å²) in [5.74, 6) is -0.519. The van der Waals surface area contributed by atoms with Gasteiger partial charge in [-0.15, -0.1) is 0 Å². The van der Waals surface area contributed by atoms with Crippen molar-refractivity contribution in [3.63, 3.8) is 0 Å². The topological polar surface area (TPSA) is 68.3 Å². The summed E-state index contributed by atoms with van der Waals surface area (Å²) in [6.45, 7) is 5.58. The minimum absolute atomic E-state index is 0.255. The van der Waals surface area contributed by atoms with Crippen LogP contribution in [0, 0.1) is 0 Å². The van der Waals surface area contributed by atoms with Gasteiger partial charge in [-0.3, -0.25) is 14.5 Å². The number of imide groups is 1. The SMILES string of the molecule is CCCCOCCCN1C(=O)C(c2ccccc2)=C(N(CCOC)CCOC)C1=O. The smallest absolute Gasteiger partial charge is 0.277 e. The molecule has 1 heterocycles. The Morgan fingerprint density at radius 1 is 0.867 bits per heavy atom. The van der Waals surface area contributed by atoms with E-state index in [0.717, 1.165) is 18.4 Å². The maximum absolute atomic E-state index is 13.3. The average Bonchev–Trinajstić information content (AvgIpc) is 3.01. The first kappa shape index (κ1) is 24.1. The molecule has 0 aromatic heterocycles. The molecular formula is C23H34N2O5. The second-order valence-corrected chi connectivity index (χ2v) is 7.14. The molecule has 2 amide bonds. The van der Waals surface area contributed by atoms with Gasteiger partial charge in [0.05, 0.1) is 18.8 Å². The van der Waals surface area contributed by atoms with Crippen molar-refractivity contribution in [2.75, 3.05) is 60.3 Å². The molecule has 0 saturated carbocycles. The molecule has 0 saturated heterocycles. The number of unbranched alkanes of at least 4 members (excludes halogenated alkanes) is 1. The maximum atomic E-state index is 13.3. The number of hydrogen-bond acceptors (Lipinski definition) is 6.